The molecule has 220 valence electrons. The first kappa shape index (κ1) is 33.0. The number of rotatable bonds is 15. The Hall–Kier alpha value is -0.200. The van der Waals surface area contributed by atoms with Crippen LogP contribution in [0.2, 0.25) is 0 Å². The Morgan fingerprint density at radius 3 is 2.19 bits per heavy atom. The summed E-state index contributed by atoms with van der Waals surface area (Å²) in [7, 11) is 0. The zero-order chi connectivity index (χ0) is 27.8. The maximum absolute atomic E-state index is 12.1. The Kier molecular flexibility index (Phi) is 13.9. The second kappa shape index (κ2) is 15.6. The van der Waals surface area contributed by atoms with Crippen molar-refractivity contribution in [2.45, 2.75) is 137 Å². The predicted molar refractivity (Wildman–Crippen MR) is 152 cm³/mol. The average Bonchev–Trinajstić information content (AvgIpc) is 2.87. The molecular weight excluding hydrogens is 464 g/mol. The number of hydrogen-bond donors (Lipinski definition) is 3. The highest BCUT2D eigenvalue weighted by Gasteiger charge is 2.52. The molecule has 0 saturated heterocycles. The van der Waals surface area contributed by atoms with Crippen molar-refractivity contribution in [2.24, 2.45) is 47.3 Å². The van der Waals surface area contributed by atoms with Crippen molar-refractivity contribution in [3.05, 3.63) is 0 Å². The van der Waals surface area contributed by atoms with Crippen molar-refractivity contribution in [3.8, 4) is 0 Å². The summed E-state index contributed by atoms with van der Waals surface area (Å²) in [6, 6.07) is 0. The van der Waals surface area contributed by atoms with E-state index in [2.05, 4.69) is 41.5 Å². The molecule has 0 amide bonds. The van der Waals surface area contributed by atoms with Crippen molar-refractivity contribution < 1.29 is 24.8 Å². The molecule has 0 aliphatic heterocycles. The van der Waals surface area contributed by atoms with E-state index in [1.807, 2.05) is 13.8 Å². The summed E-state index contributed by atoms with van der Waals surface area (Å²) in [6.07, 6.45) is 8.03. The summed E-state index contributed by atoms with van der Waals surface area (Å²) in [5, 5.41) is 35.2. The van der Waals surface area contributed by atoms with E-state index in [0.717, 1.165) is 58.0 Å². The zero-order valence-corrected chi connectivity index (χ0v) is 25.5. The molecule has 5 nitrogen and oxygen atoms in total. The molecule has 2 aliphatic rings. The smallest absolute Gasteiger partial charge is 0.0942 e. The molecule has 0 bridgehead atoms. The quantitative estimate of drug-likeness (QED) is 0.228. The van der Waals surface area contributed by atoms with E-state index in [-0.39, 0.29) is 29.8 Å². The normalized spacial score (nSPS) is 37.1. The van der Waals surface area contributed by atoms with Crippen molar-refractivity contribution in [2.75, 3.05) is 19.8 Å². The molecule has 0 aromatic rings. The largest absolute Gasteiger partial charge is 0.390 e. The van der Waals surface area contributed by atoms with Gasteiger partial charge in [-0.05, 0) is 99.7 Å². The molecule has 0 spiro atoms. The minimum atomic E-state index is -0.973. The molecule has 2 rings (SSSR count). The van der Waals surface area contributed by atoms with Crippen LogP contribution in [0.25, 0.3) is 0 Å². The molecule has 0 aromatic heterocycles. The molecule has 0 heterocycles. The van der Waals surface area contributed by atoms with Crippen LogP contribution in [0.4, 0.5) is 0 Å². The molecular formula is C32H62O5. The lowest BCUT2D eigenvalue weighted by Crippen LogP contribution is -2.58. The summed E-state index contributed by atoms with van der Waals surface area (Å²) in [4.78, 5) is 0. The minimum Gasteiger partial charge on any atom is -0.390 e. The first-order valence-electron chi connectivity index (χ1n) is 15.8. The predicted octanol–water partition coefficient (Wildman–Crippen LogP) is 6.47. The zero-order valence-electron chi connectivity index (χ0n) is 25.5. The maximum atomic E-state index is 12.1. The topological polar surface area (TPSA) is 79.2 Å². The molecule has 0 aromatic carbocycles. The fraction of sp³-hybridized carbons (Fsp3) is 1.00. The van der Waals surface area contributed by atoms with E-state index >= 15 is 0 Å². The maximum Gasteiger partial charge on any atom is 0.0942 e. The van der Waals surface area contributed by atoms with Gasteiger partial charge in [-0.25, -0.2) is 0 Å². The summed E-state index contributed by atoms with van der Waals surface area (Å²) < 4.78 is 12.1. The third-order valence-corrected chi connectivity index (χ3v) is 10.4. The summed E-state index contributed by atoms with van der Waals surface area (Å²) in [6.45, 7) is 18.9. The van der Waals surface area contributed by atoms with Crippen LogP contribution in [0.3, 0.4) is 0 Å². The molecule has 3 N–H and O–H groups in total. The van der Waals surface area contributed by atoms with Crippen LogP contribution in [0.1, 0.15) is 113 Å². The van der Waals surface area contributed by atoms with Gasteiger partial charge in [0.2, 0.25) is 0 Å². The second-order valence-corrected chi connectivity index (χ2v) is 13.2. The highest BCUT2D eigenvalue weighted by Crippen LogP contribution is 2.49. The van der Waals surface area contributed by atoms with Gasteiger partial charge in [0.15, 0.2) is 0 Å². The van der Waals surface area contributed by atoms with Crippen LogP contribution < -0.4 is 0 Å². The van der Waals surface area contributed by atoms with Gasteiger partial charge in [0.1, 0.15) is 0 Å². The average molecular weight is 527 g/mol. The summed E-state index contributed by atoms with van der Waals surface area (Å²) in [5.41, 5.74) is -0.973. The first-order valence-corrected chi connectivity index (χ1v) is 15.8. The third-order valence-electron chi connectivity index (χ3n) is 10.4. The standard InChI is InChI=1S/C32H62O5/c1-9-12-23(6)37-19-26-18-21(4)14-16-27(26)24(7)30(33)31(34)25(8)29-17-15-22(5)28(13-10-2)32(29,35)20-36-11-3/h21-31,33-35H,9-20H2,1-8H3/t21-,22-,23?,24?,25?,26?,27+,28?,29+,30?,31?,32-/m1/s1. The first-order chi connectivity index (χ1) is 17.5. The molecule has 0 radical (unpaired) electrons. The molecule has 2 fully saturated rings. The fourth-order valence-electron chi connectivity index (χ4n) is 8.00. The van der Waals surface area contributed by atoms with E-state index in [0.29, 0.717) is 36.9 Å². The molecule has 2 saturated carbocycles. The van der Waals surface area contributed by atoms with Gasteiger partial charge in [-0.2, -0.15) is 0 Å². The highest BCUT2D eigenvalue weighted by atomic mass is 16.5. The van der Waals surface area contributed by atoms with E-state index < -0.39 is 17.8 Å². The molecule has 12 atom stereocenters. The highest BCUT2D eigenvalue weighted by molar-refractivity contribution is 5.02. The SMILES string of the molecule is CCCC(C)OCC1C[C@H](C)CC[C@H]1C(C)C(O)C(O)C(C)[C@@H]1CC[C@@H](C)C(CCC)[C@]1(O)COCC. The van der Waals surface area contributed by atoms with Gasteiger partial charge < -0.3 is 24.8 Å². The Balaban J connectivity index is 2.17. The van der Waals surface area contributed by atoms with Crippen LogP contribution in [-0.2, 0) is 9.47 Å². The Morgan fingerprint density at radius 2 is 1.57 bits per heavy atom. The van der Waals surface area contributed by atoms with Crippen molar-refractivity contribution in [3.63, 3.8) is 0 Å². The van der Waals surface area contributed by atoms with Crippen molar-refractivity contribution >= 4 is 0 Å². The summed E-state index contributed by atoms with van der Waals surface area (Å²) >= 11 is 0. The van der Waals surface area contributed by atoms with Gasteiger partial charge in [0, 0.05) is 6.61 Å². The number of aliphatic hydroxyl groups is 3. The van der Waals surface area contributed by atoms with E-state index in [1.54, 1.807) is 0 Å². The minimum absolute atomic E-state index is 0.0195. The van der Waals surface area contributed by atoms with Crippen LogP contribution in [0, 0.1) is 47.3 Å². The van der Waals surface area contributed by atoms with E-state index in [4.69, 9.17) is 9.47 Å². The number of aliphatic hydroxyl groups excluding tert-OH is 2. The summed E-state index contributed by atoms with van der Waals surface area (Å²) in [5.74, 6) is 1.67. The fourth-order valence-corrected chi connectivity index (χ4v) is 8.00. The van der Waals surface area contributed by atoms with Gasteiger partial charge in [-0.1, -0.05) is 60.8 Å². The van der Waals surface area contributed by atoms with Crippen LogP contribution >= 0.6 is 0 Å². The van der Waals surface area contributed by atoms with Crippen molar-refractivity contribution in [1.29, 1.82) is 0 Å². The molecule has 5 heteroatoms. The Morgan fingerprint density at radius 1 is 0.892 bits per heavy atom. The Labute approximate surface area is 229 Å². The van der Waals surface area contributed by atoms with Gasteiger partial charge in [-0.3, -0.25) is 0 Å². The monoisotopic (exact) mass is 526 g/mol. The molecule has 2 aliphatic carbocycles. The van der Waals surface area contributed by atoms with Crippen LogP contribution in [0.5, 0.6) is 0 Å². The lowest BCUT2D eigenvalue weighted by atomic mass is 9.58. The van der Waals surface area contributed by atoms with E-state index in [9.17, 15) is 15.3 Å². The van der Waals surface area contributed by atoms with Gasteiger partial charge in [0.25, 0.3) is 0 Å². The van der Waals surface area contributed by atoms with Crippen LogP contribution in [0.15, 0.2) is 0 Å². The Bertz CT molecular complexity index is 628. The van der Waals surface area contributed by atoms with Crippen molar-refractivity contribution in [1.82, 2.24) is 0 Å². The van der Waals surface area contributed by atoms with Gasteiger partial charge >= 0.3 is 0 Å². The third kappa shape index (κ3) is 8.39. The molecule has 37 heavy (non-hydrogen) atoms. The van der Waals surface area contributed by atoms with Gasteiger partial charge in [0.05, 0.1) is 37.1 Å². The number of ether oxygens (including phenoxy) is 2. The van der Waals surface area contributed by atoms with Crippen LogP contribution in [-0.4, -0.2) is 59.1 Å². The lowest BCUT2D eigenvalue weighted by Gasteiger charge is -2.52. The van der Waals surface area contributed by atoms with E-state index in [1.165, 1.54) is 6.42 Å². The lowest BCUT2D eigenvalue weighted by molar-refractivity contribution is -0.187. The molecule has 7 unspecified atom stereocenters. The van der Waals surface area contributed by atoms with Gasteiger partial charge in [-0.15, -0.1) is 0 Å². The second-order valence-electron chi connectivity index (χ2n) is 13.2. The number of hydrogen-bond acceptors (Lipinski definition) is 5.